The van der Waals surface area contributed by atoms with Crippen molar-refractivity contribution in [2.24, 2.45) is 0 Å². The van der Waals surface area contributed by atoms with Gasteiger partial charge in [0.05, 0.1) is 6.61 Å². The fourth-order valence-electron chi connectivity index (χ4n) is 3.59. The molecule has 0 aromatic heterocycles. The van der Waals surface area contributed by atoms with Crippen LogP contribution in [0.4, 0.5) is 0 Å². The molecule has 1 atom stereocenters. The molecule has 0 aromatic carbocycles. The molecule has 1 amide bonds. The molecule has 4 nitrogen and oxygen atoms in total. The fraction of sp³-hybridized carbons (Fsp3) is 0.929. The van der Waals surface area contributed by atoms with Crippen LogP contribution in [0, 0.1) is 0 Å². The smallest absolute Gasteiger partial charge is 0.222 e. The van der Waals surface area contributed by atoms with E-state index in [2.05, 4.69) is 9.80 Å². The van der Waals surface area contributed by atoms with E-state index < -0.39 is 0 Å². The van der Waals surface area contributed by atoms with E-state index in [0.29, 0.717) is 18.0 Å². The predicted molar refractivity (Wildman–Crippen MR) is 69.4 cm³/mol. The summed E-state index contributed by atoms with van der Waals surface area (Å²) in [6, 6.07) is 1.15. The standard InChI is InChI=1S/C14H24N2O2/c17-14-3-1-2-7-16(14)12-4-8-15(9-5-12)13-6-10-18-11-13/h12-13H,1-11H2. The van der Waals surface area contributed by atoms with Crippen LogP contribution in [-0.2, 0) is 9.53 Å². The van der Waals surface area contributed by atoms with E-state index in [1.807, 2.05) is 0 Å². The number of carbonyl (C=O) groups is 1. The first-order valence-corrected chi connectivity index (χ1v) is 7.46. The summed E-state index contributed by atoms with van der Waals surface area (Å²) in [6.07, 6.45) is 6.56. The highest BCUT2D eigenvalue weighted by Gasteiger charge is 2.32. The minimum atomic E-state index is 0.392. The van der Waals surface area contributed by atoms with Crippen molar-refractivity contribution in [2.45, 2.75) is 50.6 Å². The van der Waals surface area contributed by atoms with Gasteiger partial charge in [-0.2, -0.15) is 0 Å². The lowest BCUT2D eigenvalue weighted by Crippen LogP contribution is -2.51. The van der Waals surface area contributed by atoms with Crippen molar-refractivity contribution in [3.05, 3.63) is 0 Å². The van der Waals surface area contributed by atoms with Gasteiger partial charge in [0.1, 0.15) is 0 Å². The second-order valence-electron chi connectivity index (χ2n) is 5.83. The van der Waals surface area contributed by atoms with E-state index in [4.69, 9.17) is 4.74 Å². The van der Waals surface area contributed by atoms with Crippen LogP contribution in [0.5, 0.6) is 0 Å². The topological polar surface area (TPSA) is 32.8 Å². The Kier molecular flexibility index (Phi) is 3.85. The molecule has 0 spiro atoms. The maximum absolute atomic E-state index is 11.9. The molecule has 3 fully saturated rings. The number of nitrogens with zero attached hydrogens (tertiary/aromatic N) is 2. The molecule has 0 bridgehead atoms. The van der Waals surface area contributed by atoms with Crippen LogP contribution < -0.4 is 0 Å². The van der Waals surface area contributed by atoms with Gasteiger partial charge in [-0.05, 0) is 32.1 Å². The Labute approximate surface area is 109 Å². The molecule has 18 heavy (non-hydrogen) atoms. The average molecular weight is 252 g/mol. The summed E-state index contributed by atoms with van der Waals surface area (Å²) in [7, 11) is 0. The lowest BCUT2D eigenvalue weighted by atomic mass is 9.98. The van der Waals surface area contributed by atoms with Gasteiger partial charge in [0.25, 0.3) is 0 Å². The first kappa shape index (κ1) is 12.4. The van der Waals surface area contributed by atoms with Gasteiger partial charge in [-0.15, -0.1) is 0 Å². The van der Waals surface area contributed by atoms with E-state index in [9.17, 15) is 4.79 Å². The van der Waals surface area contributed by atoms with Crippen LogP contribution >= 0.6 is 0 Å². The normalized spacial score (nSPS) is 32.1. The van der Waals surface area contributed by atoms with E-state index in [-0.39, 0.29) is 0 Å². The lowest BCUT2D eigenvalue weighted by molar-refractivity contribution is -0.136. The largest absolute Gasteiger partial charge is 0.380 e. The Morgan fingerprint density at radius 2 is 1.83 bits per heavy atom. The third-order valence-electron chi connectivity index (χ3n) is 4.72. The average Bonchev–Trinajstić information content (AvgIpc) is 2.94. The quantitative estimate of drug-likeness (QED) is 0.741. The minimum absolute atomic E-state index is 0.392. The zero-order valence-corrected chi connectivity index (χ0v) is 11.1. The van der Waals surface area contributed by atoms with Crippen LogP contribution in [0.2, 0.25) is 0 Å². The third kappa shape index (κ3) is 2.54. The molecule has 3 heterocycles. The maximum Gasteiger partial charge on any atom is 0.222 e. The van der Waals surface area contributed by atoms with Crippen molar-refractivity contribution in [1.29, 1.82) is 0 Å². The molecule has 0 saturated carbocycles. The fourth-order valence-corrected chi connectivity index (χ4v) is 3.59. The Hall–Kier alpha value is -0.610. The van der Waals surface area contributed by atoms with Gasteiger partial charge < -0.3 is 9.64 Å². The summed E-state index contributed by atoms with van der Waals surface area (Å²) in [6.45, 7) is 5.11. The lowest BCUT2D eigenvalue weighted by Gasteiger charge is -2.41. The van der Waals surface area contributed by atoms with E-state index in [1.165, 1.54) is 12.8 Å². The first-order valence-electron chi connectivity index (χ1n) is 7.46. The van der Waals surface area contributed by atoms with Crippen molar-refractivity contribution in [3.63, 3.8) is 0 Å². The monoisotopic (exact) mass is 252 g/mol. The summed E-state index contributed by atoms with van der Waals surface area (Å²) in [5.41, 5.74) is 0. The highest BCUT2D eigenvalue weighted by molar-refractivity contribution is 5.77. The van der Waals surface area contributed by atoms with Gasteiger partial charge in [-0.1, -0.05) is 0 Å². The van der Waals surface area contributed by atoms with Crippen molar-refractivity contribution in [1.82, 2.24) is 9.80 Å². The van der Waals surface area contributed by atoms with Gasteiger partial charge in [0.2, 0.25) is 5.91 Å². The van der Waals surface area contributed by atoms with Gasteiger partial charge in [-0.3, -0.25) is 9.69 Å². The van der Waals surface area contributed by atoms with Crippen molar-refractivity contribution in [2.75, 3.05) is 32.8 Å². The number of carbonyl (C=O) groups excluding carboxylic acids is 1. The molecule has 102 valence electrons. The number of hydrogen-bond acceptors (Lipinski definition) is 3. The van der Waals surface area contributed by atoms with Crippen LogP contribution in [0.15, 0.2) is 0 Å². The SMILES string of the molecule is O=C1CCCCN1C1CCN(C2CCOC2)CC1. The summed E-state index contributed by atoms with van der Waals surface area (Å²) in [4.78, 5) is 16.6. The highest BCUT2D eigenvalue weighted by atomic mass is 16.5. The summed E-state index contributed by atoms with van der Waals surface area (Å²) < 4.78 is 5.46. The van der Waals surface area contributed by atoms with Crippen LogP contribution in [0.25, 0.3) is 0 Å². The zero-order valence-electron chi connectivity index (χ0n) is 11.1. The van der Waals surface area contributed by atoms with Crippen molar-refractivity contribution in [3.8, 4) is 0 Å². The van der Waals surface area contributed by atoms with E-state index in [0.717, 1.165) is 58.5 Å². The molecule has 3 aliphatic rings. The Morgan fingerprint density at radius 3 is 2.50 bits per heavy atom. The number of ether oxygens (including phenoxy) is 1. The molecule has 1 unspecified atom stereocenters. The van der Waals surface area contributed by atoms with Gasteiger partial charge in [0, 0.05) is 44.7 Å². The molecule has 3 aliphatic heterocycles. The Morgan fingerprint density at radius 1 is 1.00 bits per heavy atom. The summed E-state index contributed by atoms with van der Waals surface area (Å²) >= 11 is 0. The van der Waals surface area contributed by atoms with Gasteiger partial charge in [-0.25, -0.2) is 0 Å². The molecule has 0 radical (unpaired) electrons. The molecule has 0 aromatic rings. The van der Waals surface area contributed by atoms with Gasteiger partial charge in [0.15, 0.2) is 0 Å². The number of likely N-dealkylation sites (tertiary alicyclic amines) is 2. The molecular formula is C14H24N2O2. The molecule has 4 heteroatoms. The molecule has 0 aliphatic carbocycles. The van der Waals surface area contributed by atoms with Crippen LogP contribution in [0.1, 0.15) is 38.5 Å². The summed E-state index contributed by atoms with van der Waals surface area (Å²) in [5, 5.41) is 0. The number of rotatable bonds is 2. The second-order valence-corrected chi connectivity index (χ2v) is 5.83. The van der Waals surface area contributed by atoms with Gasteiger partial charge >= 0.3 is 0 Å². The summed E-state index contributed by atoms with van der Waals surface area (Å²) in [5.74, 6) is 0.392. The van der Waals surface area contributed by atoms with Crippen LogP contribution in [0.3, 0.4) is 0 Å². The third-order valence-corrected chi connectivity index (χ3v) is 4.72. The van der Waals surface area contributed by atoms with Crippen LogP contribution in [-0.4, -0.2) is 60.6 Å². The Bertz CT molecular complexity index is 294. The second kappa shape index (κ2) is 5.57. The van der Waals surface area contributed by atoms with Crippen molar-refractivity contribution < 1.29 is 9.53 Å². The first-order chi connectivity index (χ1) is 8.84. The number of hydrogen-bond donors (Lipinski definition) is 0. The molecule has 3 saturated heterocycles. The predicted octanol–water partition coefficient (Wildman–Crippen LogP) is 1.25. The van der Waals surface area contributed by atoms with E-state index >= 15 is 0 Å². The number of amides is 1. The molecule has 0 N–H and O–H groups in total. The van der Waals surface area contributed by atoms with Crippen molar-refractivity contribution >= 4 is 5.91 Å². The maximum atomic E-state index is 11.9. The molecule has 3 rings (SSSR count). The zero-order chi connectivity index (χ0) is 12.4. The van der Waals surface area contributed by atoms with E-state index in [1.54, 1.807) is 0 Å². The Balaban J connectivity index is 1.51. The molecular weight excluding hydrogens is 228 g/mol. The minimum Gasteiger partial charge on any atom is -0.380 e. The highest BCUT2D eigenvalue weighted by Crippen LogP contribution is 2.24. The number of piperidine rings is 2.